The minimum atomic E-state index is -0.796. The lowest BCUT2D eigenvalue weighted by Crippen LogP contribution is -2.31. The van der Waals surface area contributed by atoms with E-state index in [0.29, 0.717) is 5.82 Å². The van der Waals surface area contributed by atoms with Crippen molar-refractivity contribution in [2.24, 2.45) is 0 Å². The van der Waals surface area contributed by atoms with Crippen molar-refractivity contribution in [3.63, 3.8) is 0 Å². The fourth-order valence-corrected chi connectivity index (χ4v) is 4.06. The molecule has 0 atom stereocenters. The smallest absolute Gasteiger partial charge is 0.228 e. The minimum Gasteiger partial charge on any atom is -0.389 e. The Morgan fingerprint density at radius 2 is 2.00 bits per heavy atom. The summed E-state index contributed by atoms with van der Waals surface area (Å²) in [5.74, 6) is 0.488. The maximum absolute atomic E-state index is 12.0. The first-order valence-electron chi connectivity index (χ1n) is 7.87. The van der Waals surface area contributed by atoms with Crippen LogP contribution in [-0.2, 0) is 4.79 Å². The van der Waals surface area contributed by atoms with Crippen LogP contribution in [0.15, 0.2) is 5.38 Å². The Balaban J connectivity index is 1.55. The average molecular weight is 309 g/mol. The molecule has 1 aliphatic carbocycles. The Bertz CT molecular complexity index is 491. The van der Waals surface area contributed by atoms with Gasteiger partial charge in [0.2, 0.25) is 5.91 Å². The van der Waals surface area contributed by atoms with E-state index in [1.165, 1.54) is 19.3 Å². The number of piperidine rings is 1. The number of nitrogens with zero attached hydrogens (tertiary/aromatic N) is 2. The molecule has 1 amide bonds. The van der Waals surface area contributed by atoms with Crippen molar-refractivity contribution in [3.05, 3.63) is 5.38 Å². The first-order chi connectivity index (χ1) is 10.1. The van der Waals surface area contributed by atoms with Gasteiger partial charge < -0.3 is 15.3 Å². The molecule has 1 aromatic rings. The van der Waals surface area contributed by atoms with E-state index in [1.807, 2.05) is 5.38 Å². The second-order valence-electron chi connectivity index (χ2n) is 6.22. The first-order valence-corrected chi connectivity index (χ1v) is 8.75. The van der Waals surface area contributed by atoms with Gasteiger partial charge in [-0.05, 0) is 32.1 Å². The largest absolute Gasteiger partial charge is 0.389 e. The van der Waals surface area contributed by atoms with Gasteiger partial charge in [-0.3, -0.25) is 4.79 Å². The van der Waals surface area contributed by atoms with E-state index < -0.39 is 5.60 Å². The van der Waals surface area contributed by atoms with Gasteiger partial charge in [-0.25, -0.2) is 4.98 Å². The number of rotatable bonds is 4. The van der Waals surface area contributed by atoms with E-state index in [-0.39, 0.29) is 12.3 Å². The lowest BCUT2D eigenvalue weighted by atomic mass is 9.98. The van der Waals surface area contributed by atoms with Crippen LogP contribution in [0.1, 0.15) is 51.4 Å². The molecule has 1 aromatic heterocycles. The third kappa shape index (κ3) is 3.74. The number of aliphatic hydroxyl groups is 1. The van der Waals surface area contributed by atoms with Crippen LogP contribution in [0, 0.1) is 0 Å². The molecule has 0 aromatic carbocycles. The second kappa shape index (κ2) is 6.32. The first kappa shape index (κ1) is 14.8. The highest BCUT2D eigenvalue weighted by Crippen LogP contribution is 2.33. The highest BCUT2D eigenvalue weighted by molar-refractivity contribution is 7.14. The van der Waals surface area contributed by atoms with Crippen molar-refractivity contribution >= 4 is 28.2 Å². The summed E-state index contributed by atoms with van der Waals surface area (Å²) in [5.41, 5.74) is -0.796. The number of thiazole rings is 1. The zero-order valence-electron chi connectivity index (χ0n) is 12.3. The number of anilines is 2. The van der Waals surface area contributed by atoms with Gasteiger partial charge >= 0.3 is 0 Å². The van der Waals surface area contributed by atoms with Gasteiger partial charge in [-0.2, -0.15) is 0 Å². The number of nitrogens with one attached hydrogen (secondary N) is 1. The lowest BCUT2D eigenvalue weighted by molar-refractivity contribution is -0.120. The van der Waals surface area contributed by atoms with Crippen LogP contribution in [0.25, 0.3) is 0 Å². The van der Waals surface area contributed by atoms with Crippen molar-refractivity contribution in [1.29, 1.82) is 0 Å². The average Bonchev–Trinajstić information content (AvgIpc) is 3.09. The van der Waals surface area contributed by atoms with E-state index in [9.17, 15) is 9.90 Å². The Morgan fingerprint density at radius 3 is 2.71 bits per heavy atom. The zero-order chi connectivity index (χ0) is 14.7. The van der Waals surface area contributed by atoms with Crippen LogP contribution in [-0.4, -0.2) is 34.7 Å². The van der Waals surface area contributed by atoms with Gasteiger partial charge in [0.15, 0.2) is 5.13 Å². The summed E-state index contributed by atoms with van der Waals surface area (Å²) >= 11 is 1.58. The molecule has 3 rings (SSSR count). The zero-order valence-corrected chi connectivity index (χ0v) is 13.1. The molecule has 2 fully saturated rings. The van der Waals surface area contributed by atoms with Crippen LogP contribution in [0.5, 0.6) is 0 Å². The standard InChI is InChI=1S/C15H23N3O2S/c19-13(10-15(20)6-2-3-7-15)16-12-11-21-14(17-12)18-8-4-1-5-9-18/h11,20H,1-10H2,(H,16,19). The highest BCUT2D eigenvalue weighted by Gasteiger charge is 2.33. The number of hydrogen-bond acceptors (Lipinski definition) is 5. The number of aromatic nitrogens is 1. The van der Waals surface area contributed by atoms with E-state index in [0.717, 1.165) is 43.9 Å². The summed E-state index contributed by atoms with van der Waals surface area (Å²) in [6, 6.07) is 0. The molecule has 0 bridgehead atoms. The Hall–Kier alpha value is -1.14. The number of carbonyl (C=O) groups excluding carboxylic acids is 1. The quantitative estimate of drug-likeness (QED) is 0.897. The second-order valence-corrected chi connectivity index (χ2v) is 7.06. The fraction of sp³-hybridized carbons (Fsp3) is 0.733. The maximum Gasteiger partial charge on any atom is 0.228 e. The molecule has 2 heterocycles. The molecule has 1 saturated heterocycles. The van der Waals surface area contributed by atoms with E-state index in [2.05, 4.69) is 15.2 Å². The van der Waals surface area contributed by atoms with E-state index in [4.69, 9.17) is 0 Å². The predicted molar refractivity (Wildman–Crippen MR) is 84.8 cm³/mol. The molecule has 5 nitrogen and oxygen atoms in total. The molecule has 0 spiro atoms. The van der Waals surface area contributed by atoms with Gasteiger partial charge in [0.05, 0.1) is 12.0 Å². The molecule has 2 aliphatic rings. The molecule has 1 aliphatic heterocycles. The van der Waals surface area contributed by atoms with E-state index in [1.54, 1.807) is 11.3 Å². The molecular weight excluding hydrogens is 286 g/mol. The monoisotopic (exact) mass is 309 g/mol. The summed E-state index contributed by atoms with van der Waals surface area (Å²) in [7, 11) is 0. The van der Waals surface area contributed by atoms with Gasteiger partial charge in [-0.15, -0.1) is 11.3 Å². The summed E-state index contributed by atoms with van der Waals surface area (Å²) in [5, 5.41) is 16.0. The fourth-order valence-electron chi connectivity index (χ4n) is 3.25. The molecule has 0 radical (unpaired) electrons. The maximum atomic E-state index is 12.0. The summed E-state index contributed by atoms with van der Waals surface area (Å²) in [6.07, 6.45) is 7.41. The Labute approximate surface area is 129 Å². The summed E-state index contributed by atoms with van der Waals surface area (Å²) in [4.78, 5) is 18.8. The van der Waals surface area contributed by atoms with E-state index >= 15 is 0 Å². The highest BCUT2D eigenvalue weighted by atomic mass is 32.1. The normalized spacial score (nSPS) is 21.5. The molecule has 116 valence electrons. The third-order valence-corrected chi connectivity index (χ3v) is 5.31. The van der Waals surface area contributed by atoms with Crippen molar-refractivity contribution in [2.45, 2.75) is 57.0 Å². The molecule has 0 unspecified atom stereocenters. The summed E-state index contributed by atoms with van der Waals surface area (Å²) in [6.45, 7) is 2.11. The van der Waals surface area contributed by atoms with Crippen LogP contribution < -0.4 is 10.2 Å². The van der Waals surface area contributed by atoms with Crippen molar-refractivity contribution in [2.75, 3.05) is 23.3 Å². The van der Waals surface area contributed by atoms with Crippen LogP contribution >= 0.6 is 11.3 Å². The number of carbonyl (C=O) groups is 1. The van der Waals surface area contributed by atoms with Crippen LogP contribution in [0.2, 0.25) is 0 Å². The van der Waals surface area contributed by atoms with Crippen molar-refractivity contribution in [3.8, 4) is 0 Å². The minimum absolute atomic E-state index is 0.130. The van der Waals surface area contributed by atoms with Crippen molar-refractivity contribution in [1.82, 2.24) is 4.98 Å². The third-order valence-electron chi connectivity index (χ3n) is 4.41. The van der Waals surface area contributed by atoms with Crippen molar-refractivity contribution < 1.29 is 9.90 Å². The van der Waals surface area contributed by atoms with Gasteiger partial charge in [0, 0.05) is 18.5 Å². The molecule has 6 heteroatoms. The lowest BCUT2D eigenvalue weighted by Gasteiger charge is -2.25. The predicted octanol–water partition coefficient (Wildman–Crippen LogP) is 2.77. The summed E-state index contributed by atoms with van der Waals surface area (Å²) < 4.78 is 0. The number of amides is 1. The Morgan fingerprint density at radius 1 is 1.29 bits per heavy atom. The van der Waals surface area contributed by atoms with Gasteiger partial charge in [0.25, 0.3) is 0 Å². The SMILES string of the molecule is O=C(CC1(O)CCCC1)Nc1csc(N2CCCCC2)n1. The Kier molecular flexibility index (Phi) is 4.45. The topological polar surface area (TPSA) is 65.5 Å². The molecule has 2 N–H and O–H groups in total. The van der Waals surface area contributed by atoms with Gasteiger partial charge in [0.1, 0.15) is 5.82 Å². The van der Waals surface area contributed by atoms with Crippen LogP contribution in [0.4, 0.5) is 10.9 Å². The molecule has 1 saturated carbocycles. The van der Waals surface area contributed by atoms with Gasteiger partial charge in [-0.1, -0.05) is 12.8 Å². The molecule has 21 heavy (non-hydrogen) atoms. The van der Waals surface area contributed by atoms with Crippen LogP contribution in [0.3, 0.4) is 0 Å². The number of hydrogen-bond donors (Lipinski definition) is 2. The molecular formula is C15H23N3O2S.